The van der Waals surface area contributed by atoms with Crippen molar-refractivity contribution in [3.8, 4) is 5.75 Å². The van der Waals surface area contributed by atoms with Gasteiger partial charge in [-0.05, 0) is 37.1 Å². The Morgan fingerprint density at radius 2 is 1.88 bits per heavy atom. The number of hydrogen-bond acceptors (Lipinski definition) is 4. The third-order valence-corrected chi connectivity index (χ3v) is 4.55. The van der Waals surface area contributed by atoms with Crippen LogP contribution in [0.4, 0.5) is 11.4 Å². The second kappa shape index (κ2) is 8.51. The molecule has 1 fully saturated rings. The van der Waals surface area contributed by atoms with Crippen molar-refractivity contribution in [3.05, 3.63) is 48.3 Å². The van der Waals surface area contributed by atoms with Gasteiger partial charge in [0.25, 0.3) is 5.91 Å². The van der Waals surface area contributed by atoms with Crippen molar-refractivity contribution < 1.29 is 9.53 Å². The van der Waals surface area contributed by atoms with Gasteiger partial charge in [0, 0.05) is 29.7 Å². The van der Waals surface area contributed by atoms with Crippen LogP contribution in [0.25, 0.3) is 0 Å². The predicted octanol–water partition coefficient (Wildman–Crippen LogP) is 4.48. The first-order chi connectivity index (χ1) is 12.2. The van der Waals surface area contributed by atoms with E-state index in [9.17, 15) is 4.79 Å². The molecule has 1 aliphatic rings. The molecule has 1 aromatic carbocycles. The average Bonchev–Trinajstić information content (AvgIpc) is 2.91. The van der Waals surface area contributed by atoms with Crippen LogP contribution in [-0.4, -0.2) is 24.0 Å². The maximum atomic E-state index is 12.5. The Hall–Kier alpha value is -2.56. The van der Waals surface area contributed by atoms with E-state index in [4.69, 9.17) is 4.74 Å². The van der Waals surface area contributed by atoms with Crippen LogP contribution in [-0.2, 0) is 0 Å². The van der Waals surface area contributed by atoms with Gasteiger partial charge in [0.15, 0.2) is 0 Å². The number of pyridine rings is 1. The molecule has 0 atom stereocenters. The maximum absolute atomic E-state index is 12.5. The van der Waals surface area contributed by atoms with E-state index in [1.165, 1.54) is 38.5 Å². The number of nitrogens with zero attached hydrogens (tertiary/aromatic N) is 1. The molecule has 5 nitrogen and oxygen atoms in total. The Morgan fingerprint density at radius 3 is 2.64 bits per heavy atom. The van der Waals surface area contributed by atoms with Crippen LogP contribution >= 0.6 is 0 Å². The molecule has 132 valence electrons. The highest BCUT2D eigenvalue weighted by atomic mass is 16.5. The zero-order valence-electron chi connectivity index (χ0n) is 14.6. The largest absolute Gasteiger partial charge is 0.497 e. The van der Waals surface area contributed by atoms with E-state index in [2.05, 4.69) is 15.6 Å². The second-order valence-corrected chi connectivity index (χ2v) is 6.45. The fraction of sp³-hybridized carbons (Fsp3) is 0.400. The van der Waals surface area contributed by atoms with E-state index in [1.807, 2.05) is 30.3 Å². The van der Waals surface area contributed by atoms with Crippen molar-refractivity contribution in [2.45, 2.75) is 44.6 Å². The number of ether oxygens (including phenoxy) is 1. The van der Waals surface area contributed by atoms with Crippen molar-refractivity contribution in [2.24, 2.45) is 0 Å². The fourth-order valence-corrected chi connectivity index (χ4v) is 3.20. The number of aromatic nitrogens is 1. The minimum Gasteiger partial charge on any atom is -0.497 e. The van der Waals surface area contributed by atoms with Crippen molar-refractivity contribution in [1.29, 1.82) is 0 Å². The molecule has 25 heavy (non-hydrogen) atoms. The summed E-state index contributed by atoms with van der Waals surface area (Å²) in [7, 11) is 1.60. The van der Waals surface area contributed by atoms with Crippen LogP contribution in [0.15, 0.2) is 42.6 Å². The SMILES string of the molecule is COc1cccc(NC(=O)c2cc(NC3CCCCCC3)ccn2)c1. The molecule has 0 aliphatic heterocycles. The van der Waals surface area contributed by atoms with Crippen LogP contribution in [0.2, 0.25) is 0 Å². The topological polar surface area (TPSA) is 63.2 Å². The van der Waals surface area contributed by atoms with Crippen molar-refractivity contribution in [1.82, 2.24) is 4.98 Å². The lowest BCUT2D eigenvalue weighted by Crippen LogP contribution is -2.19. The maximum Gasteiger partial charge on any atom is 0.274 e. The molecule has 0 bridgehead atoms. The third kappa shape index (κ3) is 4.95. The van der Waals surface area contributed by atoms with Crippen LogP contribution in [0.1, 0.15) is 49.0 Å². The number of amides is 1. The van der Waals surface area contributed by atoms with E-state index in [1.54, 1.807) is 19.4 Å². The average molecular weight is 339 g/mol. The molecule has 0 unspecified atom stereocenters. The quantitative estimate of drug-likeness (QED) is 0.789. The molecule has 5 heteroatoms. The van der Waals surface area contributed by atoms with Gasteiger partial charge in [0.2, 0.25) is 0 Å². The molecule has 2 aromatic rings. The molecule has 2 N–H and O–H groups in total. The summed E-state index contributed by atoms with van der Waals surface area (Å²) < 4.78 is 5.18. The molecule has 1 amide bonds. The molecule has 0 saturated heterocycles. The van der Waals surface area contributed by atoms with Crippen LogP contribution in [0.3, 0.4) is 0 Å². The van der Waals surface area contributed by atoms with Gasteiger partial charge in [0.1, 0.15) is 11.4 Å². The summed E-state index contributed by atoms with van der Waals surface area (Å²) in [6.45, 7) is 0. The molecule has 1 aromatic heterocycles. The molecule has 3 rings (SSSR count). The molecular formula is C20H25N3O2. The number of carbonyl (C=O) groups is 1. The number of hydrogen-bond donors (Lipinski definition) is 2. The second-order valence-electron chi connectivity index (χ2n) is 6.45. The van der Waals surface area contributed by atoms with Gasteiger partial charge < -0.3 is 15.4 Å². The first-order valence-corrected chi connectivity index (χ1v) is 8.92. The monoisotopic (exact) mass is 339 g/mol. The summed E-state index contributed by atoms with van der Waals surface area (Å²) in [5.74, 6) is 0.479. The standard InChI is InChI=1S/C20H25N3O2/c1-25-18-10-6-9-16(13-18)23-20(24)19-14-17(11-12-21-19)22-15-7-4-2-3-5-8-15/h6,9-15H,2-5,7-8H2,1H3,(H,21,22)(H,23,24). The minimum atomic E-state index is -0.224. The van der Waals surface area contributed by atoms with Gasteiger partial charge >= 0.3 is 0 Å². The van der Waals surface area contributed by atoms with Gasteiger partial charge in [-0.15, -0.1) is 0 Å². The van der Waals surface area contributed by atoms with Crippen molar-refractivity contribution >= 4 is 17.3 Å². The molecule has 1 aliphatic carbocycles. The van der Waals surface area contributed by atoms with Gasteiger partial charge in [-0.1, -0.05) is 31.7 Å². The van der Waals surface area contributed by atoms with Crippen molar-refractivity contribution in [3.63, 3.8) is 0 Å². The Kier molecular flexibility index (Phi) is 5.88. The van der Waals surface area contributed by atoms with Crippen LogP contribution < -0.4 is 15.4 Å². The minimum absolute atomic E-state index is 0.224. The normalized spacial score (nSPS) is 15.2. The summed E-state index contributed by atoms with van der Waals surface area (Å²) in [5, 5.41) is 6.42. The van der Waals surface area contributed by atoms with Crippen molar-refractivity contribution in [2.75, 3.05) is 17.7 Å². The van der Waals surface area contributed by atoms with E-state index in [0.717, 1.165) is 5.69 Å². The highest BCUT2D eigenvalue weighted by molar-refractivity contribution is 6.03. The third-order valence-electron chi connectivity index (χ3n) is 4.55. The Morgan fingerprint density at radius 1 is 1.08 bits per heavy atom. The summed E-state index contributed by atoms with van der Waals surface area (Å²) in [6.07, 6.45) is 9.24. The van der Waals surface area contributed by atoms with Gasteiger partial charge in [-0.2, -0.15) is 0 Å². The lowest BCUT2D eigenvalue weighted by atomic mass is 10.1. The molecule has 0 spiro atoms. The zero-order valence-corrected chi connectivity index (χ0v) is 14.6. The van der Waals surface area contributed by atoms with Gasteiger partial charge in [-0.3, -0.25) is 9.78 Å². The number of anilines is 2. The molecule has 0 radical (unpaired) electrons. The molecule has 1 heterocycles. The lowest BCUT2D eigenvalue weighted by molar-refractivity contribution is 0.102. The summed E-state index contributed by atoms with van der Waals surface area (Å²) in [5.41, 5.74) is 2.05. The predicted molar refractivity (Wildman–Crippen MR) is 100 cm³/mol. The molecular weight excluding hydrogens is 314 g/mol. The van der Waals surface area contributed by atoms with Gasteiger partial charge in [0.05, 0.1) is 7.11 Å². The first-order valence-electron chi connectivity index (χ1n) is 8.92. The summed E-state index contributed by atoms with van der Waals surface area (Å²) in [6, 6.07) is 11.5. The fourth-order valence-electron chi connectivity index (χ4n) is 3.20. The zero-order chi connectivity index (χ0) is 17.5. The van der Waals surface area contributed by atoms with Crippen LogP contribution in [0.5, 0.6) is 5.75 Å². The Balaban J connectivity index is 1.66. The highest BCUT2D eigenvalue weighted by Crippen LogP contribution is 2.22. The number of methoxy groups -OCH3 is 1. The van der Waals surface area contributed by atoms with E-state index < -0.39 is 0 Å². The molecule has 1 saturated carbocycles. The smallest absolute Gasteiger partial charge is 0.274 e. The summed E-state index contributed by atoms with van der Waals surface area (Å²) in [4.78, 5) is 16.7. The number of nitrogens with one attached hydrogen (secondary N) is 2. The Bertz CT molecular complexity index is 710. The first kappa shape index (κ1) is 17.3. The van der Waals surface area contributed by atoms with Crippen LogP contribution in [0, 0.1) is 0 Å². The van der Waals surface area contributed by atoms with E-state index in [-0.39, 0.29) is 5.91 Å². The van der Waals surface area contributed by atoms with E-state index in [0.29, 0.717) is 23.2 Å². The number of rotatable bonds is 5. The van der Waals surface area contributed by atoms with Gasteiger partial charge in [-0.25, -0.2) is 0 Å². The Labute approximate surface area is 148 Å². The lowest BCUT2D eigenvalue weighted by Gasteiger charge is -2.18. The number of benzene rings is 1. The highest BCUT2D eigenvalue weighted by Gasteiger charge is 2.14. The number of carbonyl (C=O) groups excluding carboxylic acids is 1. The summed E-state index contributed by atoms with van der Waals surface area (Å²) >= 11 is 0. The van der Waals surface area contributed by atoms with E-state index >= 15 is 0 Å².